The Bertz CT molecular complexity index is 2790. The van der Waals surface area contributed by atoms with E-state index < -0.39 is 5.54 Å². The molecule has 12 nitrogen and oxygen atoms in total. The molecular formula is C50H49ClF2N10O2. The van der Waals surface area contributed by atoms with E-state index in [1.54, 1.807) is 25.4 Å². The molecule has 4 aliphatic heterocycles. The van der Waals surface area contributed by atoms with Gasteiger partial charge >= 0.3 is 0 Å². The van der Waals surface area contributed by atoms with Crippen molar-refractivity contribution in [2.45, 2.75) is 101 Å². The first-order valence-corrected chi connectivity index (χ1v) is 22.7. The van der Waals surface area contributed by atoms with Crippen molar-refractivity contribution < 1.29 is 18.4 Å². The van der Waals surface area contributed by atoms with Gasteiger partial charge in [-0.2, -0.15) is 0 Å². The van der Waals surface area contributed by atoms with Gasteiger partial charge in [-0.15, -0.1) is 0 Å². The minimum atomic E-state index is -0.444. The van der Waals surface area contributed by atoms with E-state index in [0.717, 1.165) is 84.3 Å². The van der Waals surface area contributed by atoms with E-state index in [0.29, 0.717) is 57.9 Å². The van der Waals surface area contributed by atoms with Crippen molar-refractivity contribution in [2.24, 2.45) is 11.8 Å². The summed E-state index contributed by atoms with van der Waals surface area (Å²) in [5.74, 6) is 3.38. The molecule has 4 bridgehead atoms. The first-order valence-electron chi connectivity index (χ1n) is 22.3. The second-order valence-electron chi connectivity index (χ2n) is 18.3. The number of hydrogen-bond donors (Lipinski definition) is 3. The van der Waals surface area contributed by atoms with Crippen LogP contribution in [0.4, 0.5) is 26.0 Å². The van der Waals surface area contributed by atoms with Crippen molar-refractivity contribution in [3.05, 3.63) is 160 Å². The molecule has 2 aromatic carbocycles. The highest BCUT2D eigenvalue weighted by atomic mass is 35.5. The van der Waals surface area contributed by atoms with Gasteiger partial charge in [-0.05, 0) is 149 Å². The molecular weight excluding hydrogens is 846 g/mol. The van der Waals surface area contributed by atoms with Crippen LogP contribution in [0.25, 0.3) is 0 Å². The Hall–Kier alpha value is -6.41. The first kappa shape index (κ1) is 42.5. The Morgan fingerprint density at radius 2 is 1.20 bits per heavy atom. The minimum Gasteiger partial charge on any atom is -0.381 e. The van der Waals surface area contributed by atoms with Gasteiger partial charge in [-0.3, -0.25) is 19.6 Å². The van der Waals surface area contributed by atoms with Crippen molar-refractivity contribution in [3.8, 4) is 0 Å². The van der Waals surface area contributed by atoms with Crippen LogP contribution < -0.4 is 20.9 Å². The highest BCUT2D eigenvalue weighted by Gasteiger charge is 2.53. The number of pyridine rings is 2. The van der Waals surface area contributed by atoms with E-state index in [9.17, 15) is 18.4 Å². The Kier molecular flexibility index (Phi) is 10.8. The van der Waals surface area contributed by atoms with Gasteiger partial charge in [0, 0.05) is 47.4 Å². The summed E-state index contributed by atoms with van der Waals surface area (Å²) in [5.41, 5.74) is 6.45. The molecule has 4 saturated carbocycles. The van der Waals surface area contributed by atoms with Crippen molar-refractivity contribution >= 4 is 40.6 Å². The van der Waals surface area contributed by atoms with Crippen molar-refractivity contribution in [2.75, 3.05) is 10.2 Å². The molecule has 4 fully saturated rings. The predicted molar refractivity (Wildman–Crippen MR) is 243 cm³/mol. The van der Waals surface area contributed by atoms with Crippen molar-refractivity contribution in [1.82, 2.24) is 40.5 Å². The second-order valence-corrected chi connectivity index (χ2v) is 18.7. The number of rotatable bonds is 7. The van der Waals surface area contributed by atoms with Gasteiger partial charge in [0.2, 0.25) is 0 Å². The molecule has 15 heteroatoms. The Labute approximate surface area is 381 Å². The molecule has 8 heterocycles. The van der Waals surface area contributed by atoms with Crippen LogP contribution in [-0.2, 0) is 11.1 Å². The number of nitrogens with one attached hydrogen (secondary N) is 3. The van der Waals surface area contributed by atoms with Gasteiger partial charge in [0.1, 0.15) is 34.3 Å². The zero-order valence-electron chi connectivity index (χ0n) is 36.5. The van der Waals surface area contributed by atoms with Crippen molar-refractivity contribution in [3.63, 3.8) is 0 Å². The van der Waals surface area contributed by atoms with Gasteiger partial charge < -0.3 is 20.9 Å². The SMILES string of the molecule is CC1C2CC1c1nc(C3(NC(=O)c4ccc(F)cc4)CC3)ccc1N2.Cc1nccc(Cl)n1.Cc1nccc(N2c3ccc(C4(NC(=O)c5ccc(F)cc5)CC4)nc3C3CC2C3C)n1. The molecule has 3 N–H and O–H groups in total. The van der Waals surface area contributed by atoms with Crippen LogP contribution in [0, 0.1) is 37.3 Å². The van der Waals surface area contributed by atoms with E-state index in [2.05, 4.69) is 66.8 Å². The zero-order valence-corrected chi connectivity index (χ0v) is 37.3. The monoisotopic (exact) mass is 894 g/mol. The lowest BCUT2D eigenvalue weighted by molar-refractivity contribution is 0.0921. The van der Waals surface area contributed by atoms with E-state index in [4.69, 9.17) is 21.6 Å². The van der Waals surface area contributed by atoms with Crippen LogP contribution in [0.1, 0.15) is 119 Å². The predicted octanol–water partition coefficient (Wildman–Crippen LogP) is 9.38. The summed E-state index contributed by atoms with van der Waals surface area (Å²) >= 11 is 5.49. The Balaban J connectivity index is 0.000000134. The summed E-state index contributed by atoms with van der Waals surface area (Å²) < 4.78 is 26.3. The highest BCUT2D eigenvalue weighted by Crippen LogP contribution is 2.57. The Morgan fingerprint density at radius 3 is 1.71 bits per heavy atom. The fraction of sp³-hybridized carbons (Fsp3) is 0.360. The van der Waals surface area contributed by atoms with Crippen LogP contribution in [0.3, 0.4) is 0 Å². The third-order valence-electron chi connectivity index (χ3n) is 14.1. The first-order chi connectivity index (χ1) is 31.3. The maximum absolute atomic E-state index is 13.2. The quantitative estimate of drug-likeness (QED) is 0.132. The maximum atomic E-state index is 13.2. The molecule has 14 rings (SSSR count). The summed E-state index contributed by atoms with van der Waals surface area (Å²) in [6.45, 7) is 8.25. The number of aryl methyl sites for hydroxylation is 2. The lowest BCUT2D eigenvalue weighted by Gasteiger charge is -2.54. The van der Waals surface area contributed by atoms with E-state index in [1.165, 1.54) is 48.5 Å². The number of amides is 2. The molecule has 6 aromatic rings. The van der Waals surface area contributed by atoms with E-state index >= 15 is 0 Å². The molecule has 0 spiro atoms. The van der Waals surface area contributed by atoms with Crippen LogP contribution in [0.2, 0.25) is 5.15 Å². The Morgan fingerprint density at radius 1 is 0.662 bits per heavy atom. The number of carbonyl (C=O) groups excluding carboxylic acids is 2. The standard InChI is InChI=1S/C25H24FN5O.C20H20FN3O.C5H5ClN2/c1-14-18-13-20(14)31(22-9-12-27-15(2)28-22)19-7-8-21(29-23(18)19)25(10-11-25)30-24(32)16-3-5-17(26)6-4-16;1-11-14-10-16(11)22-15-6-7-17(23-18(14)15)20(8-9-20)24-19(25)12-2-4-13(21)5-3-12;1-4-7-3-2-5(6)8-4/h3-9,12,14,18,20H,10-11,13H2,1-2H3,(H,30,32);2-7,11,14,16,22H,8-10H2,1H3,(H,24,25);2-3H,1H3. The third-order valence-corrected chi connectivity index (χ3v) is 14.3. The van der Waals surface area contributed by atoms with Crippen LogP contribution >= 0.6 is 11.6 Å². The maximum Gasteiger partial charge on any atom is 0.252 e. The normalized spacial score (nSPS) is 23.7. The van der Waals surface area contributed by atoms with Crippen LogP contribution in [0.5, 0.6) is 0 Å². The molecule has 332 valence electrons. The third kappa shape index (κ3) is 8.17. The molecule has 4 aromatic heterocycles. The molecule has 0 saturated heterocycles. The fourth-order valence-corrected chi connectivity index (χ4v) is 9.94. The number of benzene rings is 2. The van der Waals surface area contributed by atoms with Gasteiger partial charge in [0.25, 0.3) is 11.8 Å². The average molecular weight is 895 g/mol. The molecule has 65 heavy (non-hydrogen) atoms. The number of carbonyl (C=O) groups is 2. The topological polar surface area (TPSA) is 151 Å². The van der Waals surface area contributed by atoms with Crippen molar-refractivity contribution in [1.29, 1.82) is 0 Å². The van der Waals surface area contributed by atoms with Gasteiger partial charge in [-0.25, -0.2) is 28.7 Å². The number of aromatic nitrogens is 6. The van der Waals surface area contributed by atoms with E-state index in [1.807, 2.05) is 25.1 Å². The van der Waals surface area contributed by atoms with Gasteiger partial charge in [-0.1, -0.05) is 25.4 Å². The summed E-state index contributed by atoms with van der Waals surface area (Å²) in [7, 11) is 0. The fourth-order valence-electron chi connectivity index (χ4n) is 9.76. The number of anilines is 3. The largest absolute Gasteiger partial charge is 0.381 e. The highest BCUT2D eigenvalue weighted by molar-refractivity contribution is 6.29. The number of nitrogens with zero attached hydrogens (tertiary/aromatic N) is 7. The summed E-state index contributed by atoms with van der Waals surface area (Å²) in [6.07, 6.45) is 9.13. The molecule has 0 radical (unpaired) electrons. The van der Waals surface area contributed by atoms with Gasteiger partial charge in [0.05, 0.1) is 45.2 Å². The lowest BCUT2D eigenvalue weighted by Crippen LogP contribution is -2.54. The smallest absolute Gasteiger partial charge is 0.252 e. The van der Waals surface area contributed by atoms with Gasteiger partial charge in [0.15, 0.2) is 0 Å². The molecule has 6 unspecified atom stereocenters. The molecule has 2 amide bonds. The number of hydrogen-bond acceptors (Lipinski definition) is 10. The summed E-state index contributed by atoms with van der Waals surface area (Å²) in [5, 5.41) is 10.3. The number of halogens is 3. The zero-order chi connectivity index (χ0) is 45.2. The molecule has 8 aliphatic rings. The summed E-state index contributed by atoms with van der Waals surface area (Å²) in [6, 6.07) is 24.2. The second kappa shape index (κ2) is 16.5. The van der Waals surface area contributed by atoms with Crippen LogP contribution in [-0.4, -0.2) is 53.8 Å². The average Bonchev–Trinajstić information content (AvgIpc) is 4.26. The van der Waals surface area contributed by atoms with E-state index in [-0.39, 0.29) is 29.0 Å². The molecule has 4 aliphatic carbocycles. The molecule has 6 atom stereocenters. The minimum absolute atomic E-state index is 0.174. The lowest BCUT2D eigenvalue weighted by atomic mass is 9.64. The van der Waals surface area contributed by atoms with Crippen LogP contribution in [0.15, 0.2) is 97.3 Å². The summed E-state index contributed by atoms with van der Waals surface area (Å²) in [4.78, 5) is 54.3.